The lowest BCUT2D eigenvalue weighted by Gasteiger charge is -2.21. The molecule has 3 aromatic rings. The van der Waals surface area contributed by atoms with Crippen LogP contribution in [0.3, 0.4) is 0 Å². The van der Waals surface area contributed by atoms with Gasteiger partial charge >= 0.3 is 18.6 Å². The van der Waals surface area contributed by atoms with Crippen molar-refractivity contribution in [3.8, 4) is 11.5 Å². The topological polar surface area (TPSA) is 109 Å². The van der Waals surface area contributed by atoms with Gasteiger partial charge < -0.3 is 20.1 Å². The van der Waals surface area contributed by atoms with Gasteiger partial charge in [-0.15, -0.1) is 13.2 Å². The summed E-state index contributed by atoms with van der Waals surface area (Å²) in [4.78, 5) is 42.7. The van der Waals surface area contributed by atoms with Crippen LogP contribution in [0.15, 0.2) is 71.7 Å². The summed E-state index contributed by atoms with van der Waals surface area (Å²) >= 11 is 0.921. The number of benzene rings is 3. The molecule has 0 atom stereocenters. The number of nitrogens with zero attached hydrogens (tertiary/aromatic N) is 2. The number of urea groups is 1. The minimum absolute atomic E-state index is 0.0109. The lowest BCUT2D eigenvalue weighted by atomic mass is 10.1. The van der Waals surface area contributed by atoms with Crippen molar-refractivity contribution in [1.29, 1.82) is 0 Å². The summed E-state index contributed by atoms with van der Waals surface area (Å²) in [7, 11) is 0. The first kappa shape index (κ1) is 32.2. The maximum absolute atomic E-state index is 12.8. The van der Waals surface area contributed by atoms with Crippen molar-refractivity contribution in [2.24, 2.45) is 4.99 Å². The van der Waals surface area contributed by atoms with E-state index in [1.165, 1.54) is 54.6 Å². The Morgan fingerprint density at radius 3 is 2.30 bits per heavy atom. The van der Waals surface area contributed by atoms with Crippen LogP contribution in [0.2, 0.25) is 0 Å². The quantitative estimate of drug-likeness (QED) is 0.275. The summed E-state index contributed by atoms with van der Waals surface area (Å²) in [5.41, 5.74) is 1.64. The van der Waals surface area contributed by atoms with Crippen molar-refractivity contribution < 1.29 is 50.2 Å². The van der Waals surface area contributed by atoms with Crippen LogP contribution in [0.4, 0.5) is 42.5 Å². The molecule has 0 aliphatic carbocycles. The van der Waals surface area contributed by atoms with Gasteiger partial charge in [0, 0.05) is 17.8 Å². The molecule has 1 saturated heterocycles. The van der Waals surface area contributed by atoms with Crippen molar-refractivity contribution in [2.75, 3.05) is 22.6 Å². The molecule has 44 heavy (non-hydrogen) atoms. The van der Waals surface area contributed by atoms with Gasteiger partial charge in [0.15, 0.2) is 11.8 Å². The van der Waals surface area contributed by atoms with Crippen LogP contribution in [-0.4, -0.2) is 47.9 Å². The highest BCUT2D eigenvalue weighted by Gasteiger charge is 2.34. The third-order valence-electron chi connectivity index (χ3n) is 5.72. The first-order valence-corrected chi connectivity index (χ1v) is 13.5. The lowest BCUT2D eigenvalue weighted by Crippen LogP contribution is -2.31. The summed E-state index contributed by atoms with van der Waals surface area (Å²) < 4.78 is 83.8. The third-order valence-corrected chi connectivity index (χ3v) is 6.64. The lowest BCUT2D eigenvalue weighted by molar-refractivity contribution is -0.274. The minimum Gasteiger partial charge on any atom is -0.482 e. The second-order valence-electron chi connectivity index (χ2n) is 9.17. The highest BCUT2D eigenvalue weighted by atomic mass is 32.2. The van der Waals surface area contributed by atoms with Crippen LogP contribution in [0.25, 0.3) is 0 Å². The fourth-order valence-electron chi connectivity index (χ4n) is 3.80. The van der Waals surface area contributed by atoms with E-state index in [0.29, 0.717) is 11.1 Å². The summed E-state index contributed by atoms with van der Waals surface area (Å²) in [5.74, 6) is -1.70. The zero-order valence-electron chi connectivity index (χ0n) is 22.6. The number of hydrogen-bond acceptors (Lipinski definition) is 6. The van der Waals surface area contributed by atoms with Crippen molar-refractivity contribution in [2.45, 2.75) is 26.0 Å². The van der Waals surface area contributed by atoms with Gasteiger partial charge in [-0.1, -0.05) is 30.0 Å². The number of amidine groups is 1. The Balaban J connectivity index is 1.38. The number of nitrogens with one attached hydrogen (secondary N) is 2. The van der Waals surface area contributed by atoms with Crippen molar-refractivity contribution >= 4 is 46.1 Å². The maximum Gasteiger partial charge on any atom is 0.573 e. The van der Waals surface area contributed by atoms with Crippen molar-refractivity contribution in [3.05, 3.63) is 83.4 Å². The van der Waals surface area contributed by atoms with Gasteiger partial charge in [-0.2, -0.15) is 18.2 Å². The SMILES string of the molecule is Cc1ccc(OCC(F)(F)F)c(N2C(=O)CSC2=NC(=O)Nc2ccc(C(=O)NCc3ccc(OC(F)(F)F)cc3)cc2)c1. The Labute approximate surface area is 250 Å². The smallest absolute Gasteiger partial charge is 0.482 e. The van der Waals surface area contributed by atoms with E-state index < -0.39 is 42.7 Å². The molecular formula is C28H22F6N4O5S. The van der Waals surface area contributed by atoms with Gasteiger partial charge in [0.25, 0.3) is 5.91 Å². The molecule has 0 aromatic heterocycles. The van der Waals surface area contributed by atoms with Crippen molar-refractivity contribution in [3.63, 3.8) is 0 Å². The first-order valence-electron chi connectivity index (χ1n) is 12.6. The van der Waals surface area contributed by atoms with Crippen LogP contribution < -0.4 is 25.0 Å². The average molecular weight is 641 g/mol. The van der Waals surface area contributed by atoms with Gasteiger partial charge in [0.2, 0.25) is 5.91 Å². The van der Waals surface area contributed by atoms with Crippen LogP contribution in [0.5, 0.6) is 11.5 Å². The van der Waals surface area contributed by atoms with Gasteiger partial charge in [0.1, 0.15) is 11.5 Å². The van der Waals surface area contributed by atoms with E-state index in [9.17, 15) is 40.7 Å². The maximum atomic E-state index is 12.8. The fourth-order valence-corrected chi connectivity index (χ4v) is 4.66. The van der Waals surface area contributed by atoms with Gasteiger partial charge in [-0.3, -0.25) is 14.5 Å². The van der Waals surface area contributed by atoms with E-state index in [4.69, 9.17) is 4.74 Å². The second kappa shape index (κ2) is 13.3. The number of aliphatic imine (C=N–C) groups is 1. The number of anilines is 2. The number of alkyl halides is 6. The Bertz CT molecular complexity index is 1560. The predicted molar refractivity (Wildman–Crippen MR) is 150 cm³/mol. The molecule has 1 aliphatic heterocycles. The molecule has 4 amide bonds. The summed E-state index contributed by atoms with van der Waals surface area (Å²) in [6.07, 6.45) is -9.42. The summed E-state index contributed by atoms with van der Waals surface area (Å²) in [5, 5.41) is 5.04. The number of amides is 4. The molecule has 0 unspecified atom stereocenters. The van der Waals surface area contributed by atoms with Crippen molar-refractivity contribution in [1.82, 2.24) is 5.32 Å². The molecule has 0 spiro atoms. The van der Waals surface area contributed by atoms with E-state index in [1.807, 2.05) is 0 Å². The number of carbonyl (C=O) groups is 3. The molecule has 1 aliphatic rings. The van der Waals surface area contributed by atoms with E-state index >= 15 is 0 Å². The molecule has 4 rings (SSSR count). The Kier molecular flexibility index (Phi) is 9.71. The molecule has 9 nitrogen and oxygen atoms in total. The normalized spacial score (nSPS) is 14.5. The highest BCUT2D eigenvalue weighted by Crippen LogP contribution is 2.36. The number of hydrogen-bond donors (Lipinski definition) is 2. The van der Waals surface area contributed by atoms with E-state index in [0.717, 1.165) is 28.8 Å². The molecule has 16 heteroatoms. The molecule has 0 bridgehead atoms. The second-order valence-corrected chi connectivity index (χ2v) is 10.1. The molecule has 1 heterocycles. The molecule has 232 valence electrons. The van der Waals surface area contributed by atoms with E-state index in [1.54, 1.807) is 6.92 Å². The first-order chi connectivity index (χ1) is 20.7. The standard InChI is InChI=1S/C28H22F6N4O5S/c1-16-2-11-22(42-15-27(29,30)31)21(12-16)38-23(39)14-44-26(38)37-25(41)36-19-7-5-18(6-8-19)24(40)35-13-17-3-9-20(10-4-17)43-28(32,33)34/h2-12H,13-15H2,1H3,(H,35,40)(H,36,41). The zero-order chi connectivity index (χ0) is 32.1. The molecule has 2 N–H and O–H groups in total. The molecule has 3 aromatic carbocycles. The Morgan fingerprint density at radius 2 is 1.66 bits per heavy atom. The number of halogens is 6. The summed E-state index contributed by atoms with van der Waals surface area (Å²) in [6, 6.07) is 14.0. The van der Waals surface area contributed by atoms with Gasteiger partial charge in [-0.25, -0.2) is 4.79 Å². The molecule has 0 saturated carbocycles. The van der Waals surface area contributed by atoms with E-state index in [2.05, 4.69) is 20.4 Å². The van der Waals surface area contributed by atoms with Crippen LogP contribution in [-0.2, 0) is 11.3 Å². The number of ether oxygens (including phenoxy) is 2. The fraction of sp³-hybridized carbons (Fsp3) is 0.214. The van der Waals surface area contributed by atoms with Gasteiger partial charge in [0.05, 0.1) is 11.4 Å². The van der Waals surface area contributed by atoms with Crippen LogP contribution in [0, 0.1) is 6.92 Å². The van der Waals surface area contributed by atoms with Crippen LogP contribution >= 0.6 is 11.8 Å². The number of aryl methyl sites for hydroxylation is 1. The number of carbonyl (C=O) groups excluding carboxylic acids is 3. The summed E-state index contributed by atoms with van der Waals surface area (Å²) in [6.45, 7) is 0.123. The minimum atomic E-state index is -4.81. The monoisotopic (exact) mass is 640 g/mol. The average Bonchev–Trinajstić information content (AvgIpc) is 3.30. The Morgan fingerprint density at radius 1 is 0.977 bits per heavy atom. The third kappa shape index (κ3) is 9.13. The highest BCUT2D eigenvalue weighted by molar-refractivity contribution is 8.15. The Hall–Kier alpha value is -4.73. The van der Waals surface area contributed by atoms with Gasteiger partial charge in [-0.05, 0) is 66.6 Å². The molecule has 0 radical (unpaired) electrons. The molecule has 1 fully saturated rings. The molecular weight excluding hydrogens is 618 g/mol. The largest absolute Gasteiger partial charge is 0.573 e. The number of rotatable bonds is 8. The van der Waals surface area contributed by atoms with E-state index in [-0.39, 0.29) is 40.2 Å². The van der Waals surface area contributed by atoms with Crippen LogP contribution in [0.1, 0.15) is 21.5 Å². The zero-order valence-corrected chi connectivity index (χ0v) is 23.4. The predicted octanol–water partition coefficient (Wildman–Crippen LogP) is 6.43. The number of thioether (sulfide) groups is 1.